The van der Waals surface area contributed by atoms with Gasteiger partial charge in [0.05, 0.1) is 0 Å². The summed E-state index contributed by atoms with van der Waals surface area (Å²) < 4.78 is 5.91. The first kappa shape index (κ1) is 14.6. The van der Waals surface area contributed by atoms with Crippen LogP contribution in [0.5, 0.6) is 5.75 Å². The van der Waals surface area contributed by atoms with Gasteiger partial charge >= 0.3 is 0 Å². The SMILES string of the molecule is Cc1cc(C)c(C)c(OCC[NH2+]Cc2ccccc2)c1. The molecule has 2 heteroatoms. The molecule has 0 amide bonds. The Morgan fingerprint density at radius 1 is 1.00 bits per heavy atom. The smallest absolute Gasteiger partial charge is 0.137 e. The molecule has 2 aromatic rings. The van der Waals surface area contributed by atoms with E-state index in [1.807, 2.05) is 0 Å². The van der Waals surface area contributed by atoms with Crippen molar-refractivity contribution in [2.24, 2.45) is 0 Å². The fourth-order valence-electron chi connectivity index (χ4n) is 2.29. The van der Waals surface area contributed by atoms with Crippen molar-refractivity contribution >= 4 is 0 Å². The van der Waals surface area contributed by atoms with E-state index in [9.17, 15) is 0 Å². The second-order valence-corrected chi connectivity index (χ2v) is 5.32. The van der Waals surface area contributed by atoms with Crippen LogP contribution in [0.15, 0.2) is 42.5 Å². The maximum Gasteiger partial charge on any atom is 0.137 e. The summed E-state index contributed by atoms with van der Waals surface area (Å²) in [5.41, 5.74) is 5.17. The van der Waals surface area contributed by atoms with Crippen LogP contribution in [0.2, 0.25) is 0 Å². The topological polar surface area (TPSA) is 25.8 Å². The summed E-state index contributed by atoms with van der Waals surface area (Å²) in [6, 6.07) is 14.9. The molecule has 2 aromatic carbocycles. The minimum Gasteiger partial charge on any atom is -0.487 e. The second-order valence-electron chi connectivity index (χ2n) is 5.32. The number of aryl methyl sites for hydroxylation is 2. The molecule has 0 aliphatic rings. The molecule has 0 fully saturated rings. The Morgan fingerprint density at radius 3 is 2.50 bits per heavy atom. The predicted molar refractivity (Wildman–Crippen MR) is 83.1 cm³/mol. The molecule has 2 nitrogen and oxygen atoms in total. The van der Waals surface area contributed by atoms with Crippen LogP contribution < -0.4 is 10.1 Å². The summed E-state index contributed by atoms with van der Waals surface area (Å²) >= 11 is 0. The molecule has 2 N–H and O–H groups in total. The number of quaternary nitrogens is 1. The first-order valence-electron chi connectivity index (χ1n) is 7.23. The third-order valence-corrected chi connectivity index (χ3v) is 3.57. The van der Waals surface area contributed by atoms with E-state index in [1.165, 1.54) is 22.3 Å². The number of benzene rings is 2. The van der Waals surface area contributed by atoms with Crippen LogP contribution in [-0.4, -0.2) is 13.2 Å². The maximum atomic E-state index is 5.91. The Labute approximate surface area is 121 Å². The molecule has 0 aliphatic carbocycles. The normalized spacial score (nSPS) is 10.6. The number of nitrogens with two attached hydrogens (primary N) is 1. The minimum atomic E-state index is 0.747. The van der Waals surface area contributed by atoms with Gasteiger partial charge in [0.2, 0.25) is 0 Å². The van der Waals surface area contributed by atoms with E-state index in [-0.39, 0.29) is 0 Å². The molecule has 0 aliphatic heterocycles. The van der Waals surface area contributed by atoms with Crippen molar-refractivity contribution in [1.29, 1.82) is 0 Å². The summed E-state index contributed by atoms with van der Waals surface area (Å²) in [5.74, 6) is 1.02. The molecule has 0 unspecified atom stereocenters. The number of hydrogen-bond acceptors (Lipinski definition) is 1. The Kier molecular flexibility index (Phi) is 5.19. The first-order valence-corrected chi connectivity index (χ1v) is 7.23. The van der Waals surface area contributed by atoms with Crippen LogP contribution in [0.4, 0.5) is 0 Å². The quantitative estimate of drug-likeness (QED) is 0.803. The van der Waals surface area contributed by atoms with Crippen molar-refractivity contribution in [3.63, 3.8) is 0 Å². The first-order chi connectivity index (χ1) is 9.66. The molecule has 0 spiro atoms. The summed E-state index contributed by atoms with van der Waals surface area (Å²) in [5, 5.41) is 2.29. The van der Waals surface area contributed by atoms with E-state index in [2.05, 4.69) is 68.6 Å². The van der Waals surface area contributed by atoms with Gasteiger partial charge in [0.25, 0.3) is 0 Å². The van der Waals surface area contributed by atoms with E-state index in [0.717, 1.165) is 25.4 Å². The monoisotopic (exact) mass is 270 g/mol. The van der Waals surface area contributed by atoms with E-state index in [0.29, 0.717) is 0 Å². The van der Waals surface area contributed by atoms with Crippen molar-refractivity contribution in [3.8, 4) is 5.75 Å². The van der Waals surface area contributed by atoms with Gasteiger partial charge in [-0.2, -0.15) is 0 Å². The largest absolute Gasteiger partial charge is 0.487 e. The molecule has 106 valence electrons. The zero-order valence-electron chi connectivity index (χ0n) is 12.6. The highest BCUT2D eigenvalue weighted by Crippen LogP contribution is 2.22. The highest BCUT2D eigenvalue weighted by molar-refractivity contribution is 5.41. The minimum absolute atomic E-state index is 0.747. The lowest BCUT2D eigenvalue weighted by atomic mass is 10.1. The maximum absolute atomic E-state index is 5.91. The molecular formula is C18H24NO+. The van der Waals surface area contributed by atoms with Crippen molar-refractivity contribution < 1.29 is 10.1 Å². The van der Waals surface area contributed by atoms with Crippen molar-refractivity contribution in [3.05, 3.63) is 64.7 Å². The summed E-state index contributed by atoms with van der Waals surface area (Å²) in [6.07, 6.45) is 0. The van der Waals surface area contributed by atoms with Crippen LogP contribution in [0.3, 0.4) is 0 Å². The average Bonchev–Trinajstić information content (AvgIpc) is 2.44. The lowest BCUT2D eigenvalue weighted by Crippen LogP contribution is -2.83. The van der Waals surface area contributed by atoms with Gasteiger partial charge in [-0.15, -0.1) is 0 Å². The molecule has 0 bridgehead atoms. The molecule has 0 heterocycles. The summed E-state index contributed by atoms with van der Waals surface area (Å²) in [6.45, 7) is 9.10. The third kappa shape index (κ3) is 4.10. The van der Waals surface area contributed by atoms with Crippen molar-refractivity contribution in [2.45, 2.75) is 27.3 Å². The van der Waals surface area contributed by atoms with Gasteiger partial charge in [-0.3, -0.25) is 0 Å². The van der Waals surface area contributed by atoms with Crippen molar-refractivity contribution in [1.82, 2.24) is 0 Å². The van der Waals surface area contributed by atoms with Gasteiger partial charge < -0.3 is 10.1 Å². The van der Waals surface area contributed by atoms with E-state index in [4.69, 9.17) is 4.74 Å². The molecule has 2 rings (SSSR count). The van der Waals surface area contributed by atoms with Crippen molar-refractivity contribution in [2.75, 3.05) is 13.2 Å². The van der Waals surface area contributed by atoms with Gasteiger partial charge in [-0.05, 0) is 43.5 Å². The zero-order valence-corrected chi connectivity index (χ0v) is 12.6. The van der Waals surface area contributed by atoms with Gasteiger partial charge in [-0.1, -0.05) is 36.4 Å². The van der Waals surface area contributed by atoms with Crippen LogP contribution in [0, 0.1) is 20.8 Å². The van der Waals surface area contributed by atoms with Gasteiger partial charge in [0.15, 0.2) is 0 Å². The number of rotatable bonds is 6. The molecule has 0 aromatic heterocycles. The van der Waals surface area contributed by atoms with Crippen LogP contribution in [-0.2, 0) is 6.54 Å². The zero-order chi connectivity index (χ0) is 14.4. The van der Waals surface area contributed by atoms with Crippen LogP contribution >= 0.6 is 0 Å². The Hall–Kier alpha value is -1.80. The summed E-state index contributed by atoms with van der Waals surface area (Å²) in [7, 11) is 0. The fourth-order valence-corrected chi connectivity index (χ4v) is 2.29. The molecule has 0 radical (unpaired) electrons. The van der Waals surface area contributed by atoms with Gasteiger partial charge in [0, 0.05) is 5.56 Å². The fraction of sp³-hybridized carbons (Fsp3) is 0.333. The van der Waals surface area contributed by atoms with Gasteiger partial charge in [0.1, 0.15) is 25.4 Å². The molecular weight excluding hydrogens is 246 g/mol. The number of hydrogen-bond donors (Lipinski definition) is 1. The molecule has 20 heavy (non-hydrogen) atoms. The highest BCUT2D eigenvalue weighted by Gasteiger charge is 2.04. The molecule has 0 saturated heterocycles. The highest BCUT2D eigenvalue weighted by atomic mass is 16.5. The summed E-state index contributed by atoms with van der Waals surface area (Å²) in [4.78, 5) is 0. The molecule has 0 atom stereocenters. The van der Waals surface area contributed by atoms with E-state index >= 15 is 0 Å². The average molecular weight is 270 g/mol. The standard InChI is InChI=1S/C18H23NO/c1-14-11-15(2)16(3)18(12-14)20-10-9-19-13-17-7-5-4-6-8-17/h4-8,11-12,19H,9-10,13H2,1-3H3/p+1. The van der Waals surface area contributed by atoms with Crippen LogP contribution in [0.1, 0.15) is 22.3 Å². The second kappa shape index (κ2) is 7.11. The Morgan fingerprint density at radius 2 is 1.75 bits per heavy atom. The lowest BCUT2D eigenvalue weighted by molar-refractivity contribution is -0.671. The Balaban J connectivity index is 1.76. The van der Waals surface area contributed by atoms with E-state index in [1.54, 1.807) is 0 Å². The van der Waals surface area contributed by atoms with Crippen LogP contribution in [0.25, 0.3) is 0 Å². The van der Waals surface area contributed by atoms with Gasteiger partial charge in [-0.25, -0.2) is 0 Å². The predicted octanol–water partition coefficient (Wildman–Crippen LogP) is 2.75. The Bertz CT molecular complexity index is 549. The lowest BCUT2D eigenvalue weighted by Gasteiger charge is -2.11. The third-order valence-electron chi connectivity index (χ3n) is 3.57. The molecule has 0 saturated carbocycles. The van der Waals surface area contributed by atoms with E-state index < -0.39 is 0 Å². The number of ether oxygens (including phenoxy) is 1.